The van der Waals surface area contributed by atoms with Crippen molar-refractivity contribution >= 4 is 34.4 Å². The molecule has 1 atom stereocenters. The minimum absolute atomic E-state index is 0.0837. The molecule has 3 aromatic carbocycles. The number of para-hydroxylation sites is 1. The van der Waals surface area contributed by atoms with Crippen LogP contribution in [0.3, 0.4) is 0 Å². The highest BCUT2D eigenvalue weighted by atomic mass is 35.5. The Labute approximate surface area is 208 Å². The molecular weight excluding hydrogens is 466 g/mol. The molecule has 4 rings (SSSR count). The van der Waals surface area contributed by atoms with Crippen molar-refractivity contribution < 1.29 is 14.3 Å². The summed E-state index contributed by atoms with van der Waals surface area (Å²) in [5.41, 5.74) is 2.84. The Morgan fingerprint density at radius 2 is 1.74 bits per heavy atom. The molecule has 2 amide bonds. The first-order chi connectivity index (χ1) is 17.1. The number of ether oxygens (including phenoxy) is 1. The Balaban J connectivity index is 1.72. The third-order valence-corrected chi connectivity index (χ3v) is 5.97. The first-order valence-corrected chi connectivity index (χ1v) is 11.6. The van der Waals surface area contributed by atoms with Crippen LogP contribution >= 0.6 is 11.6 Å². The molecule has 0 saturated carbocycles. The molecule has 0 aliphatic heterocycles. The van der Waals surface area contributed by atoms with Gasteiger partial charge in [0, 0.05) is 25.2 Å². The number of nitrogens with one attached hydrogen (secondary N) is 1. The van der Waals surface area contributed by atoms with Crippen LogP contribution in [0.15, 0.2) is 78.9 Å². The summed E-state index contributed by atoms with van der Waals surface area (Å²) in [5, 5.41) is 11.7. The van der Waals surface area contributed by atoms with Crippen molar-refractivity contribution in [3.8, 4) is 0 Å². The van der Waals surface area contributed by atoms with Crippen molar-refractivity contribution in [2.24, 2.45) is 0 Å². The third kappa shape index (κ3) is 5.85. The highest BCUT2D eigenvalue weighted by molar-refractivity contribution is 6.31. The van der Waals surface area contributed by atoms with E-state index in [1.165, 1.54) is 4.90 Å². The summed E-state index contributed by atoms with van der Waals surface area (Å²) in [6.45, 7) is 0.735. The molecule has 180 valence electrons. The van der Waals surface area contributed by atoms with Gasteiger partial charge in [-0.15, -0.1) is 5.10 Å². The van der Waals surface area contributed by atoms with Crippen molar-refractivity contribution in [3.05, 3.63) is 95.0 Å². The zero-order chi connectivity index (χ0) is 24.6. The summed E-state index contributed by atoms with van der Waals surface area (Å²) in [7, 11) is 1.57. The van der Waals surface area contributed by atoms with Crippen LogP contribution < -0.4 is 5.32 Å². The molecule has 35 heavy (non-hydrogen) atoms. The quantitative estimate of drug-likeness (QED) is 0.342. The average Bonchev–Trinajstić information content (AvgIpc) is 3.28. The fourth-order valence-electron chi connectivity index (χ4n) is 3.87. The lowest BCUT2D eigenvalue weighted by atomic mass is 10.0. The summed E-state index contributed by atoms with van der Waals surface area (Å²) < 4.78 is 6.62. The van der Waals surface area contributed by atoms with Gasteiger partial charge >= 0.3 is 0 Å². The van der Waals surface area contributed by atoms with Crippen LogP contribution in [0.5, 0.6) is 0 Å². The van der Waals surface area contributed by atoms with Crippen LogP contribution in [0.1, 0.15) is 17.2 Å². The third-order valence-electron chi connectivity index (χ3n) is 5.60. The predicted molar refractivity (Wildman–Crippen MR) is 134 cm³/mol. The number of rotatable bonds is 10. The van der Waals surface area contributed by atoms with E-state index in [-0.39, 0.29) is 24.9 Å². The first kappa shape index (κ1) is 24.4. The highest BCUT2D eigenvalue weighted by Gasteiger charge is 2.32. The maximum Gasteiger partial charge on any atom is 0.247 e. The number of benzene rings is 3. The van der Waals surface area contributed by atoms with Gasteiger partial charge in [-0.1, -0.05) is 77.5 Å². The van der Waals surface area contributed by atoms with Crippen LogP contribution in [0.2, 0.25) is 5.02 Å². The van der Waals surface area contributed by atoms with Gasteiger partial charge in [0.05, 0.1) is 12.1 Å². The maximum atomic E-state index is 13.8. The van der Waals surface area contributed by atoms with Gasteiger partial charge in [0.25, 0.3) is 0 Å². The topological polar surface area (TPSA) is 89.4 Å². The van der Waals surface area contributed by atoms with Crippen LogP contribution in [0.25, 0.3) is 11.0 Å². The molecule has 0 radical (unpaired) electrons. The summed E-state index contributed by atoms with van der Waals surface area (Å²) in [6, 6.07) is 23.0. The van der Waals surface area contributed by atoms with E-state index in [1.807, 2.05) is 72.8 Å². The van der Waals surface area contributed by atoms with E-state index in [1.54, 1.807) is 17.9 Å². The second kappa shape index (κ2) is 11.6. The van der Waals surface area contributed by atoms with Crippen molar-refractivity contribution in [2.75, 3.05) is 20.3 Å². The molecule has 1 unspecified atom stereocenters. The van der Waals surface area contributed by atoms with Gasteiger partial charge in [-0.3, -0.25) is 9.59 Å². The number of nitrogens with zero attached hydrogens (tertiary/aromatic N) is 4. The van der Waals surface area contributed by atoms with E-state index in [0.717, 1.165) is 11.1 Å². The molecule has 0 saturated heterocycles. The largest absolute Gasteiger partial charge is 0.383 e. The summed E-state index contributed by atoms with van der Waals surface area (Å²) in [6.07, 6.45) is 0. The molecule has 9 heteroatoms. The lowest BCUT2D eigenvalue weighted by Crippen LogP contribution is -2.45. The minimum Gasteiger partial charge on any atom is -0.383 e. The van der Waals surface area contributed by atoms with Gasteiger partial charge in [0.15, 0.2) is 0 Å². The number of fused-ring (bicyclic) bond motifs is 1. The fourth-order valence-corrected chi connectivity index (χ4v) is 4.06. The van der Waals surface area contributed by atoms with Gasteiger partial charge in [-0.05, 0) is 29.3 Å². The molecule has 1 aromatic heterocycles. The van der Waals surface area contributed by atoms with Gasteiger partial charge in [0.1, 0.15) is 18.1 Å². The fraction of sp³-hybridized carbons (Fsp3) is 0.231. The summed E-state index contributed by atoms with van der Waals surface area (Å²) in [5.74, 6) is -0.603. The molecule has 0 aliphatic rings. The van der Waals surface area contributed by atoms with Crippen LogP contribution in [-0.2, 0) is 27.4 Å². The summed E-state index contributed by atoms with van der Waals surface area (Å²) in [4.78, 5) is 28.8. The Bertz CT molecular complexity index is 1290. The van der Waals surface area contributed by atoms with E-state index in [4.69, 9.17) is 16.3 Å². The molecular formula is C26H26ClN5O3. The number of amides is 2. The molecule has 1 N–H and O–H groups in total. The number of hydrogen-bond acceptors (Lipinski definition) is 5. The molecule has 0 spiro atoms. The van der Waals surface area contributed by atoms with Crippen molar-refractivity contribution in [1.82, 2.24) is 25.2 Å². The van der Waals surface area contributed by atoms with E-state index in [2.05, 4.69) is 15.6 Å². The van der Waals surface area contributed by atoms with E-state index in [9.17, 15) is 9.59 Å². The number of carbonyl (C=O) groups excluding carboxylic acids is 2. The normalized spacial score (nSPS) is 11.8. The Morgan fingerprint density at radius 1 is 1.03 bits per heavy atom. The van der Waals surface area contributed by atoms with Crippen LogP contribution in [0, 0.1) is 0 Å². The molecule has 0 aliphatic carbocycles. The molecule has 0 fully saturated rings. The second-order valence-corrected chi connectivity index (χ2v) is 8.35. The molecule has 8 nitrogen and oxygen atoms in total. The lowest BCUT2D eigenvalue weighted by molar-refractivity contribution is -0.142. The Hall–Kier alpha value is -3.75. The number of methoxy groups -OCH3 is 1. The smallest absolute Gasteiger partial charge is 0.247 e. The Kier molecular flexibility index (Phi) is 8.07. The average molecular weight is 492 g/mol. The maximum absolute atomic E-state index is 13.8. The number of aromatic nitrogens is 3. The van der Waals surface area contributed by atoms with Gasteiger partial charge < -0.3 is 15.0 Å². The number of hydrogen-bond donors (Lipinski definition) is 1. The van der Waals surface area contributed by atoms with E-state index >= 15 is 0 Å². The van der Waals surface area contributed by atoms with Crippen molar-refractivity contribution in [1.29, 1.82) is 0 Å². The highest BCUT2D eigenvalue weighted by Crippen LogP contribution is 2.27. The predicted octanol–water partition coefficient (Wildman–Crippen LogP) is 3.62. The molecule has 1 heterocycles. The Morgan fingerprint density at radius 3 is 2.51 bits per heavy atom. The van der Waals surface area contributed by atoms with Gasteiger partial charge in [-0.25, -0.2) is 4.68 Å². The van der Waals surface area contributed by atoms with Gasteiger partial charge in [-0.2, -0.15) is 0 Å². The number of carbonyl (C=O) groups is 2. The van der Waals surface area contributed by atoms with Gasteiger partial charge in [0.2, 0.25) is 11.8 Å². The van der Waals surface area contributed by atoms with Crippen molar-refractivity contribution in [3.63, 3.8) is 0 Å². The lowest BCUT2D eigenvalue weighted by Gasteiger charge is -2.32. The number of halogens is 1. The van der Waals surface area contributed by atoms with E-state index in [0.29, 0.717) is 29.3 Å². The van der Waals surface area contributed by atoms with Crippen LogP contribution in [0.4, 0.5) is 0 Å². The minimum atomic E-state index is -0.883. The first-order valence-electron chi connectivity index (χ1n) is 11.2. The molecule has 4 aromatic rings. The monoisotopic (exact) mass is 491 g/mol. The second-order valence-electron chi connectivity index (χ2n) is 7.95. The zero-order valence-corrected chi connectivity index (χ0v) is 20.1. The zero-order valence-electron chi connectivity index (χ0n) is 19.3. The summed E-state index contributed by atoms with van der Waals surface area (Å²) >= 11 is 6.44. The van der Waals surface area contributed by atoms with E-state index < -0.39 is 6.04 Å². The van der Waals surface area contributed by atoms with Crippen LogP contribution in [-0.4, -0.2) is 52.0 Å². The standard InChI is InChI=1S/C26H26ClN5O3/c1-35-16-15-28-26(34)25(19-9-3-2-4-10-19)31(17-20-11-5-6-12-21(20)27)24(33)18-32-23-14-8-7-13-22(23)29-30-32/h2-14,25H,15-18H2,1H3,(H,28,34). The van der Waals surface area contributed by atoms with Crippen molar-refractivity contribution in [2.45, 2.75) is 19.1 Å². The SMILES string of the molecule is COCCNC(=O)C(c1ccccc1)N(Cc1ccccc1Cl)C(=O)Cn1nnc2ccccc21. The molecule has 0 bridgehead atoms.